The third kappa shape index (κ3) is 7.73. The number of ether oxygens (including phenoxy) is 2. The molecule has 37 heavy (non-hydrogen) atoms. The van der Waals surface area contributed by atoms with E-state index >= 15 is 0 Å². The molecule has 0 spiro atoms. The highest BCUT2D eigenvalue weighted by molar-refractivity contribution is 5.94. The molecule has 1 amide bonds. The number of esters is 1. The van der Waals surface area contributed by atoms with Crippen molar-refractivity contribution in [3.63, 3.8) is 0 Å². The van der Waals surface area contributed by atoms with Gasteiger partial charge in [0.05, 0.1) is 18.9 Å². The zero-order valence-corrected chi connectivity index (χ0v) is 20.8. The van der Waals surface area contributed by atoms with E-state index in [4.69, 9.17) is 9.15 Å². The first kappa shape index (κ1) is 27.6. The third-order valence-corrected chi connectivity index (χ3v) is 5.70. The van der Waals surface area contributed by atoms with E-state index in [0.29, 0.717) is 17.7 Å². The number of benzene rings is 2. The van der Waals surface area contributed by atoms with E-state index in [9.17, 15) is 22.8 Å². The summed E-state index contributed by atoms with van der Waals surface area (Å²) in [5.41, 5.74) is 1.45. The molecule has 0 saturated carbocycles. The van der Waals surface area contributed by atoms with Gasteiger partial charge < -0.3 is 18.8 Å². The predicted molar refractivity (Wildman–Crippen MR) is 132 cm³/mol. The number of amides is 1. The molecule has 0 aliphatic carbocycles. The molecule has 0 radical (unpaired) electrons. The number of allylic oxidation sites excluding steroid dienone is 1. The van der Waals surface area contributed by atoms with E-state index in [0.717, 1.165) is 23.3 Å². The zero-order chi connectivity index (χ0) is 27.0. The highest BCUT2D eigenvalue weighted by Gasteiger charge is 2.31. The molecule has 1 aromatic heterocycles. The Hall–Kier alpha value is -4.01. The lowest BCUT2D eigenvalue weighted by molar-refractivity contribution is -0.140. The van der Waals surface area contributed by atoms with Gasteiger partial charge in [0.25, 0.3) is 5.91 Å². The average molecular weight is 516 g/mol. The van der Waals surface area contributed by atoms with Crippen LogP contribution in [0.5, 0.6) is 5.75 Å². The van der Waals surface area contributed by atoms with Gasteiger partial charge in [0.1, 0.15) is 18.1 Å². The molecule has 0 bridgehead atoms. The molecule has 6 nitrogen and oxygen atoms in total. The van der Waals surface area contributed by atoms with Gasteiger partial charge in [0.2, 0.25) is 0 Å². The van der Waals surface area contributed by atoms with Crippen molar-refractivity contribution in [3.05, 3.63) is 89.2 Å². The minimum atomic E-state index is -4.54. The van der Waals surface area contributed by atoms with E-state index < -0.39 is 11.7 Å². The van der Waals surface area contributed by atoms with Crippen molar-refractivity contribution in [1.29, 1.82) is 0 Å². The SMILES string of the molecule is COC(=O)CC/C(C)=C/COc1ccc(C(F)(F)F)cc1CN(C)C(=O)c1ccc(-c2ccco2)cc1. The molecular formula is C28H28F3NO5. The summed E-state index contributed by atoms with van der Waals surface area (Å²) in [6, 6.07) is 13.5. The van der Waals surface area contributed by atoms with E-state index in [1.54, 1.807) is 48.7 Å². The van der Waals surface area contributed by atoms with Crippen LogP contribution in [0.1, 0.15) is 41.3 Å². The Labute approximate surface area is 213 Å². The van der Waals surface area contributed by atoms with Crippen LogP contribution in [0.3, 0.4) is 0 Å². The Morgan fingerprint density at radius 2 is 1.78 bits per heavy atom. The smallest absolute Gasteiger partial charge is 0.416 e. The number of furan rings is 1. The maximum atomic E-state index is 13.4. The van der Waals surface area contributed by atoms with Crippen LogP contribution >= 0.6 is 0 Å². The van der Waals surface area contributed by atoms with Gasteiger partial charge >= 0.3 is 12.1 Å². The molecule has 3 rings (SSSR count). The number of hydrogen-bond donors (Lipinski definition) is 0. The number of carbonyl (C=O) groups excluding carboxylic acids is 2. The second kappa shape index (κ2) is 12.3. The van der Waals surface area contributed by atoms with Crippen LogP contribution in [0.4, 0.5) is 13.2 Å². The molecule has 0 fully saturated rings. The first-order valence-electron chi connectivity index (χ1n) is 11.5. The summed E-state index contributed by atoms with van der Waals surface area (Å²) >= 11 is 0. The van der Waals surface area contributed by atoms with E-state index in [2.05, 4.69) is 4.74 Å². The molecule has 0 aliphatic rings. The van der Waals surface area contributed by atoms with Crippen LogP contribution in [0.15, 0.2) is 76.9 Å². The van der Waals surface area contributed by atoms with Crippen molar-refractivity contribution in [2.75, 3.05) is 20.8 Å². The number of methoxy groups -OCH3 is 1. The van der Waals surface area contributed by atoms with Gasteiger partial charge in [-0.2, -0.15) is 13.2 Å². The number of carbonyl (C=O) groups is 2. The van der Waals surface area contributed by atoms with Crippen molar-refractivity contribution in [3.8, 4) is 17.1 Å². The van der Waals surface area contributed by atoms with Crippen molar-refractivity contribution in [2.24, 2.45) is 0 Å². The fourth-order valence-corrected chi connectivity index (χ4v) is 3.56. The van der Waals surface area contributed by atoms with Crippen molar-refractivity contribution < 1.29 is 36.7 Å². The highest BCUT2D eigenvalue weighted by Crippen LogP contribution is 2.33. The van der Waals surface area contributed by atoms with Crippen LogP contribution in [-0.2, 0) is 22.3 Å². The molecule has 0 saturated heterocycles. The summed E-state index contributed by atoms with van der Waals surface area (Å²) in [5.74, 6) is 0.209. The normalized spacial score (nSPS) is 11.8. The van der Waals surface area contributed by atoms with Gasteiger partial charge in [-0.15, -0.1) is 0 Å². The fourth-order valence-electron chi connectivity index (χ4n) is 3.56. The Morgan fingerprint density at radius 1 is 1.05 bits per heavy atom. The lowest BCUT2D eigenvalue weighted by Crippen LogP contribution is -2.26. The molecule has 1 heterocycles. The van der Waals surface area contributed by atoms with Crippen molar-refractivity contribution >= 4 is 11.9 Å². The van der Waals surface area contributed by atoms with Crippen LogP contribution in [0.25, 0.3) is 11.3 Å². The quantitative estimate of drug-likeness (QED) is 0.227. The summed E-state index contributed by atoms with van der Waals surface area (Å²) in [4.78, 5) is 25.6. The van der Waals surface area contributed by atoms with E-state index in [1.165, 1.54) is 25.1 Å². The van der Waals surface area contributed by atoms with Crippen LogP contribution in [0, 0.1) is 0 Å². The number of hydrogen-bond acceptors (Lipinski definition) is 5. The summed E-state index contributed by atoms with van der Waals surface area (Å²) in [7, 11) is 2.83. The first-order valence-corrected chi connectivity index (χ1v) is 11.5. The molecule has 3 aromatic rings. The van der Waals surface area contributed by atoms with Crippen LogP contribution in [0.2, 0.25) is 0 Å². The van der Waals surface area contributed by atoms with Crippen molar-refractivity contribution in [2.45, 2.75) is 32.5 Å². The molecule has 0 aliphatic heterocycles. The van der Waals surface area contributed by atoms with Gasteiger partial charge in [-0.1, -0.05) is 17.7 Å². The molecule has 9 heteroatoms. The number of alkyl halides is 3. The number of halogens is 3. The summed E-state index contributed by atoms with van der Waals surface area (Å²) in [5, 5.41) is 0. The van der Waals surface area contributed by atoms with E-state index in [-0.39, 0.29) is 42.8 Å². The number of rotatable bonds is 10. The maximum Gasteiger partial charge on any atom is 0.416 e. The minimum absolute atomic E-state index is 0.0942. The predicted octanol–water partition coefficient (Wildman–Crippen LogP) is 6.52. The lowest BCUT2D eigenvalue weighted by atomic mass is 10.1. The average Bonchev–Trinajstić information content (AvgIpc) is 3.42. The summed E-state index contributed by atoms with van der Waals surface area (Å²) in [6.45, 7) is 1.82. The largest absolute Gasteiger partial charge is 0.489 e. The second-order valence-electron chi connectivity index (χ2n) is 8.47. The lowest BCUT2D eigenvalue weighted by Gasteiger charge is -2.21. The molecule has 196 valence electrons. The standard InChI is InChI=1S/C28H28F3NO5/c1-19(6-13-26(33)35-3)14-16-37-25-12-11-23(28(29,30)31)17-22(25)18-32(2)27(34)21-9-7-20(8-10-21)24-5-4-15-36-24/h4-5,7-12,14-15,17H,6,13,16,18H2,1-3H3/b19-14+. The highest BCUT2D eigenvalue weighted by atomic mass is 19.4. The van der Waals surface area contributed by atoms with Crippen LogP contribution in [-0.4, -0.2) is 37.5 Å². The third-order valence-electron chi connectivity index (χ3n) is 5.70. The summed E-state index contributed by atoms with van der Waals surface area (Å²) < 4.78 is 55.8. The number of nitrogens with zero attached hydrogens (tertiary/aromatic N) is 1. The summed E-state index contributed by atoms with van der Waals surface area (Å²) in [6.07, 6.45) is -0.538. The fraction of sp³-hybridized carbons (Fsp3) is 0.286. The molecule has 0 N–H and O–H groups in total. The molecule has 0 unspecified atom stereocenters. The zero-order valence-electron chi connectivity index (χ0n) is 20.8. The molecule has 0 atom stereocenters. The van der Waals surface area contributed by atoms with Gasteiger partial charge in [-0.3, -0.25) is 9.59 Å². The van der Waals surface area contributed by atoms with E-state index in [1.807, 2.05) is 6.92 Å². The van der Waals surface area contributed by atoms with Gasteiger partial charge in [0.15, 0.2) is 0 Å². The van der Waals surface area contributed by atoms with Gasteiger partial charge in [-0.05, 0) is 61.9 Å². The molecular weight excluding hydrogens is 487 g/mol. The topological polar surface area (TPSA) is 69.0 Å². The van der Waals surface area contributed by atoms with Crippen LogP contribution < -0.4 is 4.74 Å². The second-order valence-corrected chi connectivity index (χ2v) is 8.47. The monoisotopic (exact) mass is 515 g/mol. The molecule has 2 aromatic carbocycles. The van der Waals surface area contributed by atoms with Gasteiger partial charge in [0, 0.05) is 36.7 Å². The maximum absolute atomic E-state index is 13.4. The van der Waals surface area contributed by atoms with Crippen molar-refractivity contribution in [1.82, 2.24) is 4.90 Å². The minimum Gasteiger partial charge on any atom is -0.489 e. The Balaban J connectivity index is 1.73. The first-order chi connectivity index (χ1) is 17.6. The Kier molecular flexibility index (Phi) is 9.16. The Morgan fingerprint density at radius 3 is 2.41 bits per heavy atom. The van der Waals surface area contributed by atoms with Gasteiger partial charge in [-0.25, -0.2) is 0 Å². The Bertz CT molecular complexity index is 1230.